The molecule has 2 rings (SSSR count). The van der Waals surface area contributed by atoms with Crippen molar-refractivity contribution in [1.82, 2.24) is 5.32 Å². The second-order valence-corrected chi connectivity index (χ2v) is 7.08. The summed E-state index contributed by atoms with van der Waals surface area (Å²) in [5.74, 6) is 2.99. The van der Waals surface area contributed by atoms with Crippen LogP contribution in [-0.4, -0.2) is 23.8 Å². The molecule has 0 aromatic rings. The lowest BCUT2D eigenvalue weighted by Crippen LogP contribution is -2.49. The molecule has 2 fully saturated rings. The third-order valence-electron chi connectivity index (χ3n) is 5.34. The van der Waals surface area contributed by atoms with Crippen LogP contribution in [0, 0.1) is 23.7 Å². The molecule has 0 amide bonds. The summed E-state index contributed by atoms with van der Waals surface area (Å²) in [5.41, 5.74) is 0. The first-order valence-corrected chi connectivity index (χ1v) is 7.98. The molecule has 2 N–H and O–H groups in total. The lowest BCUT2D eigenvalue weighted by molar-refractivity contribution is 0.136. The Morgan fingerprint density at radius 3 is 2.56 bits per heavy atom. The van der Waals surface area contributed by atoms with E-state index in [0.717, 1.165) is 17.8 Å². The molecule has 0 aromatic carbocycles. The maximum atomic E-state index is 9.45. The summed E-state index contributed by atoms with van der Waals surface area (Å²) >= 11 is 0. The maximum absolute atomic E-state index is 9.45. The van der Waals surface area contributed by atoms with Crippen molar-refractivity contribution in [3.63, 3.8) is 0 Å². The first-order chi connectivity index (χ1) is 8.61. The standard InChI is InChI=1S/C16H31NO/c1-11(2)14-8-7-12(3)9-16(14)17-15-6-4-5-13(15)10-18/h11-18H,4-10H2,1-3H3. The van der Waals surface area contributed by atoms with Crippen LogP contribution in [0.3, 0.4) is 0 Å². The Labute approximate surface area is 113 Å². The van der Waals surface area contributed by atoms with Crippen LogP contribution in [0.1, 0.15) is 59.3 Å². The molecule has 5 atom stereocenters. The topological polar surface area (TPSA) is 32.3 Å². The van der Waals surface area contributed by atoms with E-state index in [9.17, 15) is 5.11 Å². The van der Waals surface area contributed by atoms with Gasteiger partial charge in [-0.05, 0) is 49.4 Å². The molecule has 2 heteroatoms. The summed E-state index contributed by atoms with van der Waals surface area (Å²) in [4.78, 5) is 0. The van der Waals surface area contributed by atoms with Gasteiger partial charge in [0.15, 0.2) is 0 Å². The second-order valence-electron chi connectivity index (χ2n) is 7.08. The van der Waals surface area contributed by atoms with E-state index in [4.69, 9.17) is 0 Å². The van der Waals surface area contributed by atoms with E-state index in [0.29, 0.717) is 24.6 Å². The Hall–Kier alpha value is -0.0800. The Balaban J connectivity index is 1.95. The van der Waals surface area contributed by atoms with Crippen molar-refractivity contribution in [3.05, 3.63) is 0 Å². The van der Waals surface area contributed by atoms with Crippen molar-refractivity contribution < 1.29 is 5.11 Å². The van der Waals surface area contributed by atoms with Crippen LogP contribution >= 0.6 is 0 Å². The predicted molar refractivity (Wildman–Crippen MR) is 76.5 cm³/mol. The summed E-state index contributed by atoms with van der Waals surface area (Å²) in [6.07, 6.45) is 7.88. The van der Waals surface area contributed by atoms with Crippen LogP contribution in [0.2, 0.25) is 0 Å². The molecule has 0 radical (unpaired) electrons. The normalized spacial score (nSPS) is 41.5. The SMILES string of the molecule is CC1CCC(C(C)C)C(NC2CCCC2CO)C1. The van der Waals surface area contributed by atoms with Gasteiger partial charge in [0.1, 0.15) is 0 Å². The molecule has 2 aliphatic rings. The fraction of sp³-hybridized carbons (Fsp3) is 1.00. The summed E-state index contributed by atoms with van der Waals surface area (Å²) in [6.45, 7) is 7.50. The Bertz CT molecular complexity index is 253. The number of aliphatic hydroxyl groups excluding tert-OH is 1. The number of nitrogens with one attached hydrogen (secondary N) is 1. The third-order valence-corrected chi connectivity index (χ3v) is 5.34. The molecule has 0 saturated heterocycles. The second kappa shape index (κ2) is 6.38. The van der Waals surface area contributed by atoms with Crippen LogP contribution < -0.4 is 5.32 Å². The van der Waals surface area contributed by atoms with E-state index < -0.39 is 0 Å². The first kappa shape index (κ1) is 14.3. The van der Waals surface area contributed by atoms with E-state index in [1.54, 1.807) is 0 Å². The van der Waals surface area contributed by atoms with Gasteiger partial charge in [-0.3, -0.25) is 0 Å². The number of aliphatic hydroxyl groups is 1. The molecule has 0 bridgehead atoms. The molecule has 0 aliphatic heterocycles. The lowest BCUT2D eigenvalue weighted by Gasteiger charge is -2.40. The van der Waals surface area contributed by atoms with Gasteiger partial charge in [0.05, 0.1) is 0 Å². The molecule has 0 aromatic heterocycles. The van der Waals surface area contributed by atoms with Crippen molar-refractivity contribution >= 4 is 0 Å². The zero-order valence-electron chi connectivity index (χ0n) is 12.4. The third kappa shape index (κ3) is 3.27. The van der Waals surface area contributed by atoms with Gasteiger partial charge >= 0.3 is 0 Å². The Morgan fingerprint density at radius 2 is 1.89 bits per heavy atom. The van der Waals surface area contributed by atoms with Crippen molar-refractivity contribution in [2.45, 2.75) is 71.4 Å². The van der Waals surface area contributed by atoms with Crippen LogP contribution in [0.5, 0.6) is 0 Å². The molecule has 2 aliphatic carbocycles. The van der Waals surface area contributed by atoms with Gasteiger partial charge in [0, 0.05) is 18.7 Å². The molecule has 106 valence electrons. The highest BCUT2D eigenvalue weighted by molar-refractivity contribution is 4.91. The van der Waals surface area contributed by atoms with Gasteiger partial charge in [-0.1, -0.05) is 33.6 Å². The van der Waals surface area contributed by atoms with Crippen molar-refractivity contribution in [2.24, 2.45) is 23.7 Å². The summed E-state index contributed by atoms with van der Waals surface area (Å²) < 4.78 is 0. The fourth-order valence-electron chi connectivity index (χ4n) is 4.14. The highest BCUT2D eigenvalue weighted by atomic mass is 16.3. The highest BCUT2D eigenvalue weighted by Crippen LogP contribution is 2.35. The van der Waals surface area contributed by atoms with Gasteiger partial charge in [0.25, 0.3) is 0 Å². The first-order valence-electron chi connectivity index (χ1n) is 7.98. The monoisotopic (exact) mass is 253 g/mol. The van der Waals surface area contributed by atoms with Gasteiger partial charge in [0.2, 0.25) is 0 Å². The largest absolute Gasteiger partial charge is 0.396 e. The molecule has 2 nitrogen and oxygen atoms in total. The van der Waals surface area contributed by atoms with Crippen LogP contribution in [-0.2, 0) is 0 Å². The smallest absolute Gasteiger partial charge is 0.0474 e. The average Bonchev–Trinajstić information content (AvgIpc) is 2.76. The molecule has 5 unspecified atom stereocenters. The van der Waals surface area contributed by atoms with Crippen molar-refractivity contribution in [3.8, 4) is 0 Å². The minimum atomic E-state index is 0.367. The van der Waals surface area contributed by atoms with Gasteiger partial charge in [-0.25, -0.2) is 0 Å². The number of hydrogen-bond donors (Lipinski definition) is 2. The molecule has 18 heavy (non-hydrogen) atoms. The lowest BCUT2D eigenvalue weighted by atomic mass is 9.73. The van der Waals surface area contributed by atoms with Crippen LogP contribution in [0.25, 0.3) is 0 Å². The van der Waals surface area contributed by atoms with E-state index in [1.807, 2.05) is 0 Å². The predicted octanol–water partition coefficient (Wildman–Crippen LogP) is 3.20. The van der Waals surface area contributed by atoms with Gasteiger partial charge in [-0.2, -0.15) is 0 Å². The van der Waals surface area contributed by atoms with Crippen LogP contribution in [0.15, 0.2) is 0 Å². The van der Waals surface area contributed by atoms with E-state index >= 15 is 0 Å². The van der Waals surface area contributed by atoms with Crippen molar-refractivity contribution in [2.75, 3.05) is 6.61 Å². The fourth-order valence-corrected chi connectivity index (χ4v) is 4.14. The van der Waals surface area contributed by atoms with Crippen molar-refractivity contribution in [1.29, 1.82) is 0 Å². The number of hydrogen-bond acceptors (Lipinski definition) is 2. The number of rotatable bonds is 4. The average molecular weight is 253 g/mol. The quantitative estimate of drug-likeness (QED) is 0.806. The minimum Gasteiger partial charge on any atom is -0.396 e. The Morgan fingerprint density at radius 1 is 1.11 bits per heavy atom. The maximum Gasteiger partial charge on any atom is 0.0474 e. The molecular formula is C16H31NO. The summed E-state index contributed by atoms with van der Waals surface area (Å²) in [7, 11) is 0. The van der Waals surface area contributed by atoms with Crippen LogP contribution in [0.4, 0.5) is 0 Å². The molecule has 0 heterocycles. The molecule has 2 saturated carbocycles. The van der Waals surface area contributed by atoms with E-state index in [2.05, 4.69) is 26.1 Å². The van der Waals surface area contributed by atoms with Gasteiger partial charge in [-0.15, -0.1) is 0 Å². The summed E-state index contributed by atoms with van der Waals surface area (Å²) in [6, 6.07) is 1.26. The molecular weight excluding hydrogens is 222 g/mol. The summed E-state index contributed by atoms with van der Waals surface area (Å²) in [5, 5.41) is 13.4. The van der Waals surface area contributed by atoms with E-state index in [1.165, 1.54) is 38.5 Å². The zero-order chi connectivity index (χ0) is 13.1. The zero-order valence-corrected chi connectivity index (χ0v) is 12.4. The Kier molecular flexibility index (Phi) is 5.08. The molecule has 0 spiro atoms. The minimum absolute atomic E-state index is 0.367. The van der Waals surface area contributed by atoms with E-state index in [-0.39, 0.29) is 0 Å². The highest BCUT2D eigenvalue weighted by Gasteiger charge is 2.35. The van der Waals surface area contributed by atoms with Gasteiger partial charge < -0.3 is 10.4 Å².